The SMILES string of the molecule is Cc1c(OCCN2CCN(C)CC2)cn2ncnc(Oc3ccc(NC(=O)c4cccnc4F)cc3F)c12. The van der Waals surface area contributed by atoms with Crippen LogP contribution in [-0.2, 0) is 0 Å². The summed E-state index contributed by atoms with van der Waals surface area (Å²) in [7, 11) is 2.12. The molecule has 1 aliphatic rings. The Morgan fingerprint density at radius 2 is 1.92 bits per heavy atom. The van der Waals surface area contributed by atoms with Crippen LogP contribution in [0, 0.1) is 18.7 Å². The standard InChI is InChI=1S/C26H27F2N7O3/c1-17-22(37-13-12-34-10-8-33(2)9-11-34)15-35-23(17)26(30-16-31-35)38-21-6-5-18(14-20(21)27)32-25(36)19-4-3-7-29-24(19)28/h3-7,14-16H,8-13H2,1-2H3,(H,32,36). The first-order valence-electron chi connectivity index (χ1n) is 12.1. The third-order valence-corrected chi connectivity index (χ3v) is 6.41. The van der Waals surface area contributed by atoms with Crippen molar-refractivity contribution in [2.75, 3.05) is 51.7 Å². The third-order valence-electron chi connectivity index (χ3n) is 6.41. The van der Waals surface area contributed by atoms with Gasteiger partial charge in [0.25, 0.3) is 5.91 Å². The summed E-state index contributed by atoms with van der Waals surface area (Å²) >= 11 is 0. The molecule has 0 aliphatic carbocycles. The van der Waals surface area contributed by atoms with Gasteiger partial charge >= 0.3 is 0 Å². The number of aromatic nitrogens is 4. The Bertz CT molecular complexity index is 1450. The maximum atomic E-state index is 14.9. The van der Waals surface area contributed by atoms with Crippen LogP contribution in [0.4, 0.5) is 14.5 Å². The third kappa shape index (κ3) is 5.55. The quantitative estimate of drug-likeness (QED) is 0.351. The van der Waals surface area contributed by atoms with Crippen molar-refractivity contribution in [3.63, 3.8) is 0 Å². The van der Waals surface area contributed by atoms with Gasteiger partial charge in [0.1, 0.15) is 24.2 Å². The fourth-order valence-electron chi connectivity index (χ4n) is 4.20. The number of rotatable bonds is 8. The lowest BCUT2D eigenvalue weighted by atomic mass is 10.2. The molecule has 3 aromatic heterocycles. The maximum Gasteiger partial charge on any atom is 0.260 e. The van der Waals surface area contributed by atoms with Crippen molar-refractivity contribution in [3.8, 4) is 17.4 Å². The van der Waals surface area contributed by atoms with E-state index in [2.05, 4.69) is 37.2 Å². The van der Waals surface area contributed by atoms with Gasteiger partial charge in [0.15, 0.2) is 11.6 Å². The van der Waals surface area contributed by atoms with Crippen LogP contribution in [-0.4, -0.2) is 81.7 Å². The number of amides is 1. The van der Waals surface area contributed by atoms with Gasteiger partial charge in [0.05, 0.1) is 11.8 Å². The lowest BCUT2D eigenvalue weighted by Crippen LogP contribution is -2.45. The van der Waals surface area contributed by atoms with E-state index in [1.54, 1.807) is 10.7 Å². The Morgan fingerprint density at radius 3 is 2.68 bits per heavy atom. The number of fused-ring (bicyclic) bond motifs is 1. The van der Waals surface area contributed by atoms with E-state index in [-0.39, 0.29) is 22.9 Å². The Kier molecular flexibility index (Phi) is 7.43. The van der Waals surface area contributed by atoms with Gasteiger partial charge in [-0.2, -0.15) is 14.5 Å². The van der Waals surface area contributed by atoms with Crippen molar-refractivity contribution in [1.82, 2.24) is 29.4 Å². The number of carbonyl (C=O) groups excluding carboxylic acids is 1. The topological polar surface area (TPSA) is 97.1 Å². The molecule has 5 rings (SSSR count). The van der Waals surface area contributed by atoms with Crippen molar-refractivity contribution < 1.29 is 23.0 Å². The van der Waals surface area contributed by atoms with Crippen LogP contribution >= 0.6 is 0 Å². The summed E-state index contributed by atoms with van der Waals surface area (Å²) in [5.41, 5.74) is 1.19. The fourth-order valence-corrected chi connectivity index (χ4v) is 4.20. The lowest BCUT2D eigenvalue weighted by Gasteiger charge is -2.32. The molecule has 1 fully saturated rings. The average Bonchev–Trinajstić information content (AvgIpc) is 3.23. The second-order valence-electron chi connectivity index (χ2n) is 9.01. The second-order valence-corrected chi connectivity index (χ2v) is 9.01. The average molecular weight is 524 g/mol. The molecule has 4 heterocycles. The minimum absolute atomic E-state index is 0.103. The smallest absolute Gasteiger partial charge is 0.260 e. The number of nitrogens with zero attached hydrogens (tertiary/aromatic N) is 6. The largest absolute Gasteiger partial charge is 0.490 e. The monoisotopic (exact) mass is 523 g/mol. The van der Waals surface area contributed by atoms with Crippen molar-refractivity contribution >= 4 is 17.1 Å². The molecule has 10 nitrogen and oxygen atoms in total. The first-order chi connectivity index (χ1) is 18.4. The summed E-state index contributed by atoms with van der Waals surface area (Å²) in [6, 6.07) is 6.61. The zero-order chi connectivity index (χ0) is 26.6. The zero-order valence-electron chi connectivity index (χ0n) is 21.0. The molecule has 0 bridgehead atoms. The van der Waals surface area contributed by atoms with Gasteiger partial charge < -0.3 is 19.7 Å². The number of ether oxygens (including phenoxy) is 2. The highest BCUT2D eigenvalue weighted by molar-refractivity contribution is 6.04. The number of likely N-dealkylation sites (N-methyl/N-ethyl adjacent to an activating group) is 1. The van der Waals surface area contributed by atoms with Crippen LogP contribution in [0.15, 0.2) is 49.1 Å². The minimum atomic E-state index is -0.913. The first-order valence-corrected chi connectivity index (χ1v) is 12.1. The van der Waals surface area contributed by atoms with Crippen LogP contribution in [0.5, 0.6) is 17.4 Å². The molecular formula is C26H27F2N7O3. The van der Waals surface area contributed by atoms with Gasteiger partial charge in [-0.1, -0.05) is 0 Å². The van der Waals surface area contributed by atoms with Crippen LogP contribution in [0.25, 0.3) is 5.52 Å². The molecule has 0 radical (unpaired) electrons. The summed E-state index contributed by atoms with van der Waals surface area (Å²) in [5.74, 6) is -1.70. The number of carbonyl (C=O) groups is 1. The van der Waals surface area contributed by atoms with Gasteiger partial charge in [-0.25, -0.2) is 13.9 Å². The van der Waals surface area contributed by atoms with Crippen LogP contribution < -0.4 is 14.8 Å². The van der Waals surface area contributed by atoms with E-state index >= 15 is 0 Å². The summed E-state index contributed by atoms with van der Waals surface area (Å²) < 4.78 is 42.1. The fraction of sp³-hybridized carbons (Fsp3) is 0.308. The number of piperazine rings is 1. The number of anilines is 1. The molecular weight excluding hydrogens is 496 g/mol. The normalized spacial score (nSPS) is 14.5. The number of hydrogen-bond donors (Lipinski definition) is 1. The zero-order valence-corrected chi connectivity index (χ0v) is 21.0. The van der Waals surface area contributed by atoms with Crippen LogP contribution in [0.3, 0.4) is 0 Å². The molecule has 4 aromatic rings. The summed E-state index contributed by atoms with van der Waals surface area (Å²) in [6.45, 7) is 7.30. The number of pyridine rings is 1. The molecule has 1 N–H and O–H groups in total. The van der Waals surface area contributed by atoms with E-state index in [1.165, 1.54) is 36.8 Å². The van der Waals surface area contributed by atoms with Crippen molar-refractivity contribution in [3.05, 3.63) is 71.9 Å². The van der Waals surface area contributed by atoms with Gasteiger partial charge in [-0.3, -0.25) is 9.69 Å². The van der Waals surface area contributed by atoms with Gasteiger partial charge in [0.2, 0.25) is 11.8 Å². The van der Waals surface area contributed by atoms with E-state index in [4.69, 9.17) is 9.47 Å². The Labute approximate surface area is 217 Å². The molecule has 1 amide bonds. The van der Waals surface area contributed by atoms with E-state index in [0.29, 0.717) is 17.9 Å². The molecule has 0 atom stereocenters. The van der Waals surface area contributed by atoms with E-state index < -0.39 is 17.7 Å². The molecule has 38 heavy (non-hydrogen) atoms. The van der Waals surface area contributed by atoms with Crippen molar-refractivity contribution in [2.45, 2.75) is 6.92 Å². The number of halogens is 2. The molecule has 0 unspecified atom stereocenters. The van der Waals surface area contributed by atoms with E-state index in [1.807, 2.05) is 6.92 Å². The lowest BCUT2D eigenvalue weighted by molar-refractivity contribution is 0.102. The number of benzene rings is 1. The summed E-state index contributed by atoms with van der Waals surface area (Å²) in [4.78, 5) is 24.6. The highest BCUT2D eigenvalue weighted by Gasteiger charge is 2.19. The molecule has 1 aliphatic heterocycles. The molecule has 12 heteroatoms. The van der Waals surface area contributed by atoms with E-state index in [9.17, 15) is 13.6 Å². The van der Waals surface area contributed by atoms with Crippen molar-refractivity contribution in [1.29, 1.82) is 0 Å². The number of nitrogens with one attached hydrogen (secondary N) is 1. The minimum Gasteiger partial charge on any atom is -0.490 e. The first kappa shape index (κ1) is 25.5. The molecule has 0 spiro atoms. The predicted molar refractivity (Wildman–Crippen MR) is 136 cm³/mol. The molecule has 1 aromatic carbocycles. The second kappa shape index (κ2) is 11.1. The summed E-state index contributed by atoms with van der Waals surface area (Å²) in [5, 5.41) is 6.68. The van der Waals surface area contributed by atoms with Crippen molar-refractivity contribution in [2.24, 2.45) is 0 Å². The van der Waals surface area contributed by atoms with Crippen LogP contribution in [0.1, 0.15) is 15.9 Å². The number of hydrogen-bond acceptors (Lipinski definition) is 8. The molecule has 1 saturated heterocycles. The Hall–Kier alpha value is -4.16. The van der Waals surface area contributed by atoms with Gasteiger partial charge in [-0.05, 0) is 38.2 Å². The Morgan fingerprint density at radius 1 is 1.11 bits per heavy atom. The van der Waals surface area contributed by atoms with E-state index in [0.717, 1.165) is 44.4 Å². The number of aryl methyl sites for hydroxylation is 1. The van der Waals surface area contributed by atoms with Gasteiger partial charge in [-0.15, -0.1) is 0 Å². The van der Waals surface area contributed by atoms with Crippen LogP contribution in [0.2, 0.25) is 0 Å². The Balaban J connectivity index is 1.27. The van der Waals surface area contributed by atoms with Gasteiger partial charge in [0, 0.05) is 56.2 Å². The summed E-state index contributed by atoms with van der Waals surface area (Å²) in [6.07, 6.45) is 4.29. The maximum absolute atomic E-state index is 14.9. The highest BCUT2D eigenvalue weighted by Crippen LogP contribution is 2.33. The predicted octanol–water partition coefficient (Wildman–Crippen LogP) is 3.38. The molecule has 198 valence electrons. The highest BCUT2D eigenvalue weighted by atomic mass is 19.1. The molecule has 0 saturated carbocycles.